The van der Waals surface area contributed by atoms with Gasteiger partial charge in [0.05, 0.1) is 0 Å². The predicted octanol–water partition coefficient (Wildman–Crippen LogP) is 2.15. The van der Waals surface area contributed by atoms with Gasteiger partial charge in [-0.05, 0) is 36.8 Å². The lowest BCUT2D eigenvalue weighted by molar-refractivity contribution is -0.132. The van der Waals surface area contributed by atoms with E-state index in [4.69, 9.17) is 5.73 Å². The number of hydrogen-bond acceptors (Lipinski definition) is 2. The molecular weight excluding hydrogens is 278 g/mol. The summed E-state index contributed by atoms with van der Waals surface area (Å²) in [4.78, 5) is 25.2. The highest BCUT2D eigenvalue weighted by molar-refractivity contribution is 5.77. The molecule has 5 heteroatoms. The van der Waals surface area contributed by atoms with E-state index in [2.05, 4.69) is 31.3 Å². The van der Waals surface area contributed by atoms with Crippen LogP contribution in [0.3, 0.4) is 0 Å². The second-order valence-corrected chi connectivity index (χ2v) is 6.13. The van der Waals surface area contributed by atoms with E-state index in [0.717, 1.165) is 12.8 Å². The molecule has 3 amide bonds. The van der Waals surface area contributed by atoms with Gasteiger partial charge in [-0.1, -0.05) is 31.2 Å². The van der Waals surface area contributed by atoms with Crippen molar-refractivity contribution in [2.75, 3.05) is 13.1 Å². The largest absolute Gasteiger partial charge is 0.352 e. The maximum Gasteiger partial charge on any atom is 0.312 e. The molecule has 2 rings (SSSR count). The van der Waals surface area contributed by atoms with Crippen molar-refractivity contribution < 1.29 is 9.59 Å². The molecule has 1 fully saturated rings. The van der Waals surface area contributed by atoms with E-state index in [9.17, 15) is 9.59 Å². The van der Waals surface area contributed by atoms with Crippen LogP contribution in [0.5, 0.6) is 0 Å². The summed E-state index contributed by atoms with van der Waals surface area (Å²) in [5.41, 5.74) is 7.60. The Morgan fingerprint density at radius 3 is 2.55 bits per heavy atom. The molecule has 1 aliphatic rings. The molecule has 3 N–H and O–H groups in total. The fraction of sp³-hybridized carbons (Fsp3) is 0.529. The standard InChI is InChI=1S/C17H25N3O2/c1-12-5-3-4-6-15(12)13(2)11-16(21)20-9-7-14(8-10-20)19-17(18)22/h3-6,13-14H,7-11H2,1-2H3,(H3,18,19,22). The van der Waals surface area contributed by atoms with E-state index in [0.29, 0.717) is 19.5 Å². The van der Waals surface area contributed by atoms with Crippen LogP contribution in [0.4, 0.5) is 4.79 Å². The van der Waals surface area contributed by atoms with Gasteiger partial charge in [0.2, 0.25) is 5.91 Å². The Kier molecular flexibility index (Phi) is 5.41. The quantitative estimate of drug-likeness (QED) is 0.894. The first-order chi connectivity index (χ1) is 10.5. The molecule has 1 atom stereocenters. The number of aryl methyl sites for hydroxylation is 1. The summed E-state index contributed by atoms with van der Waals surface area (Å²) in [6.45, 7) is 5.55. The van der Waals surface area contributed by atoms with Crippen LogP contribution < -0.4 is 11.1 Å². The molecule has 0 bridgehead atoms. The molecule has 5 nitrogen and oxygen atoms in total. The maximum absolute atomic E-state index is 12.4. The number of benzene rings is 1. The van der Waals surface area contributed by atoms with Crippen molar-refractivity contribution in [1.29, 1.82) is 0 Å². The third kappa shape index (κ3) is 4.23. The van der Waals surface area contributed by atoms with E-state index in [-0.39, 0.29) is 17.9 Å². The topological polar surface area (TPSA) is 75.4 Å². The Morgan fingerprint density at radius 1 is 1.32 bits per heavy atom. The van der Waals surface area contributed by atoms with Gasteiger partial charge < -0.3 is 16.0 Å². The van der Waals surface area contributed by atoms with E-state index >= 15 is 0 Å². The van der Waals surface area contributed by atoms with Crippen LogP contribution in [0.2, 0.25) is 0 Å². The molecule has 0 radical (unpaired) electrons. The molecule has 1 saturated heterocycles. The van der Waals surface area contributed by atoms with Crippen molar-refractivity contribution in [2.45, 2.75) is 45.1 Å². The van der Waals surface area contributed by atoms with Crippen LogP contribution in [0, 0.1) is 6.92 Å². The summed E-state index contributed by atoms with van der Waals surface area (Å²) in [6.07, 6.45) is 2.07. The molecule has 0 aromatic heterocycles. The summed E-state index contributed by atoms with van der Waals surface area (Å²) in [7, 11) is 0. The fourth-order valence-electron chi connectivity index (χ4n) is 3.12. The van der Waals surface area contributed by atoms with Crippen LogP contribution in [-0.4, -0.2) is 36.0 Å². The van der Waals surface area contributed by atoms with Gasteiger partial charge in [0, 0.05) is 25.6 Å². The number of hydrogen-bond donors (Lipinski definition) is 2. The smallest absolute Gasteiger partial charge is 0.312 e. The Balaban J connectivity index is 1.86. The molecule has 1 heterocycles. The number of carbonyl (C=O) groups excluding carboxylic acids is 2. The first kappa shape index (κ1) is 16.3. The summed E-state index contributed by atoms with van der Waals surface area (Å²) < 4.78 is 0. The van der Waals surface area contributed by atoms with E-state index in [1.165, 1.54) is 11.1 Å². The monoisotopic (exact) mass is 303 g/mol. The fourth-order valence-corrected chi connectivity index (χ4v) is 3.12. The lowest BCUT2D eigenvalue weighted by atomic mass is 9.93. The third-order valence-electron chi connectivity index (χ3n) is 4.39. The van der Waals surface area contributed by atoms with Crippen LogP contribution in [0.15, 0.2) is 24.3 Å². The zero-order chi connectivity index (χ0) is 16.1. The van der Waals surface area contributed by atoms with Gasteiger partial charge in [0.1, 0.15) is 0 Å². The van der Waals surface area contributed by atoms with Gasteiger partial charge in [0.25, 0.3) is 0 Å². The van der Waals surface area contributed by atoms with Crippen LogP contribution in [-0.2, 0) is 4.79 Å². The Hall–Kier alpha value is -2.04. The number of rotatable bonds is 4. The number of nitrogens with two attached hydrogens (primary N) is 1. The van der Waals surface area contributed by atoms with E-state index in [1.54, 1.807) is 0 Å². The summed E-state index contributed by atoms with van der Waals surface area (Å²) in [6, 6.07) is 7.82. The molecule has 22 heavy (non-hydrogen) atoms. The first-order valence-electron chi connectivity index (χ1n) is 7.86. The van der Waals surface area contributed by atoms with Crippen molar-refractivity contribution in [2.24, 2.45) is 5.73 Å². The summed E-state index contributed by atoms with van der Waals surface area (Å²) >= 11 is 0. The predicted molar refractivity (Wildman–Crippen MR) is 86.5 cm³/mol. The van der Waals surface area contributed by atoms with Crippen molar-refractivity contribution >= 4 is 11.9 Å². The highest BCUT2D eigenvalue weighted by atomic mass is 16.2. The normalized spacial score (nSPS) is 17.1. The van der Waals surface area contributed by atoms with Crippen molar-refractivity contribution in [3.8, 4) is 0 Å². The zero-order valence-electron chi connectivity index (χ0n) is 13.3. The zero-order valence-corrected chi connectivity index (χ0v) is 13.3. The minimum atomic E-state index is -0.488. The van der Waals surface area contributed by atoms with E-state index in [1.807, 2.05) is 17.0 Å². The number of primary amides is 1. The number of piperidine rings is 1. The van der Waals surface area contributed by atoms with Crippen molar-refractivity contribution in [3.63, 3.8) is 0 Å². The molecule has 0 saturated carbocycles. The van der Waals surface area contributed by atoms with Crippen LogP contribution in [0.1, 0.15) is 43.2 Å². The van der Waals surface area contributed by atoms with Gasteiger partial charge in [0.15, 0.2) is 0 Å². The van der Waals surface area contributed by atoms with Crippen LogP contribution >= 0.6 is 0 Å². The molecular formula is C17H25N3O2. The van der Waals surface area contributed by atoms with Gasteiger partial charge in [-0.3, -0.25) is 4.79 Å². The number of likely N-dealkylation sites (tertiary alicyclic amines) is 1. The van der Waals surface area contributed by atoms with Gasteiger partial charge in [-0.2, -0.15) is 0 Å². The van der Waals surface area contributed by atoms with Gasteiger partial charge >= 0.3 is 6.03 Å². The number of nitrogens with zero attached hydrogens (tertiary/aromatic N) is 1. The van der Waals surface area contributed by atoms with E-state index < -0.39 is 6.03 Å². The van der Waals surface area contributed by atoms with Crippen molar-refractivity contribution in [1.82, 2.24) is 10.2 Å². The molecule has 0 spiro atoms. The van der Waals surface area contributed by atoms with Gasteiger partial charge in [-0.15, -0.1) is 0 Å². The SMILES string of the molecule is Cc1ccccc1C(C)CC(=O)N1CCC(NC(N)=O)CC1. The first-order valence-corrected chi connectivity index (χ1v) is 7.86. The molecule has 120 valence electrons. The van der Waals surface area contributed by atoms with Crippen LogP contribution in [0.25, 0.3) is 0 Å². The Labute approximate surface area is 131 Å². The number of nitrogens with one attached hydrogen (secondary N) is 1. The average Bonchev–Trinajstić information content (AvgIpc) is 2.47. The molecule has 1 aromatic rings. The Bertz CT molecular complexity index is 536. The average molecular weight is 303 g/mol. The number of urea groups is 1. The molecule has 1 aliphatic heterocycles. The number of carbonyl (C=O) groups is 2. The Morgan fingerprint density at radius 2 is 1.95 bits per heavy atom. The third-order valence-corrected chi connectivity index (χ3v) is 4.39. The summed E-state index contributed by atoms with van der Waals surface area (Å²) in [5.74, 6) is 0.406. The van der Waals surface area contributed by atoms with Crippen molar-refractivity contribution in [3.05, 3.63) is 35.4 Å². The molecule has 1 aromatic carbocycles. The highest BCUT2D eigenvalue weighted by Gasteiger charge is 2.24. The lowest BCUT2D eigenvalue weighted by Crippen LogP contribution is -2.48. The second kappa shape index (κ2) is 7.29. The second-order valence-electron chi connectivity index (χ2n) is 6.13. The molecule has 0 aliphatic carbocycles. The maximum atomic E-state index is 12.4. The number of amides is 3. The van der Waals surface area contributed by atoms with Gasteiger partial charge in [-0.25, -0.2) is 4.79 Å². The highest BCUT2D eigenvalue weighted by Crippen LogP contribution is 2.24. The summed E-state index contributed by atoms with van der Waals surface area (Å²) in [5, 5.41) is 2.72. The molecule has 1 unspecified atom stereocenters. The lowest BCUT2D eigenvalue weighted by Gasteiger charge is -2.32. The minimum absolute atomic E-state index is 0.0929. The minimum Gasteiger partial charge on any atom is -0.352 e.